The van der Waals surface area contributed by atoms with Crippen molar-refractivity contribution in [2.45, 2.75) is 36.1 Å². The molecule has 0 atom stereocenters. The highest BCUT2D eigenvalue weighted by Crippen LogP contribution is 2.38. The highest BCUT2D eigenvalue weighted by molar-refractivity contribution is 7.89. The highest BCUT2D eigenvalue weighted by Gasteiger charge is 2.27. The Morgan fingerprint density at radius 1 is 0.906 bits per heavy atom. The maximum absolute atomic E-state index is 12.7. The normalized spacial score (nSPS) is 15.0. The fourth-order valence-electron chi connectivity index (χ4n) is 3.45. The van der Waals surface area contributed by atoms with Crippen LogP contribution in [0, 0.1) is 0 Å². The van der Waals surface area contributed by atoms with Crippen LogP contribution in [0.3, 0.4) is 0 Å². The summed E-state index contributed by atoms with van der Waals surface area (Å²) < 4.78 is 70.9. The Kier molecular flexibility index (Phi) is 7.65. The topological polar surface area (TPSA) is 111 Å². The van der Waals surface area contributed by atoms with E-state index in [2.05, 4.69) is 4.72 Å². The average molecular weight is 485 g/mol. The van der Waals surface area contributed by atoms with Gasteiger partial charge in [0.25, 0.3) is 0 Å². The van der Waals surface area contributed by atoms with E-state index in [-0.39, 0.29) is 16.3 Å². The van der Waals surface area contributed by atoms with Crippen molar-refractivity contribution in [1.29, 1.82) is 0 Å². The number of rotatable bonds is 10. The quantitative estimate of drug-likeness (QED) is 0.551. The molecule has 0 radical (unpaired) electrons. The summed E-state index contributed by atoms with van der Waals surface area (Å²) in [5.41, 5.74) is 0.610. The summed E-state index contributed by atoms with van der Waals surface area (Å²) in [6.07, 6.45) is 1.66. The van der Waals surface area contributed by atoms with Gasteiger partial charge in [0.2, 0.25) is 25.8 Å². The zero-order chi connectivity index (χ0) is 23.4. The SMILES string of the molecule is CCOc1c(OC)cc(CNS(=O)(=O)c2ccc(S(=O)(=O)N3CCCC3)cc2)cc1OC. The summed E-state index contributed by atoms with van der Waals surface area (Å²) in [4.78, 5) is 0.0575. The summed E-state index contributed by atoms with van der Waals surface area (Å²) in [6.45, 7) is 3.21. The third-order valence-corrected chi connectivity index (χ3v) is 8.44. The first-order valence-electron chi connectivity index (χ1n) is 10.2. The molecule has 0 aromatic heterocycles. The summed E-state index contributed by atoms with van der Waals surface area (Å²) in [7, 11) is -4.49. The van der Waals surface area contributed by atoms with Gasteiger partial charge in [-0.25, -0.2) is 21.6 Å². The smallest absolute Gasteiger partial charge is 0.243 e. The number of ether oxygens (including phenoxy) is 3. The molecule has 0 amide bonds. The fourth-order valence-corrected chi connectivity index (χ4v) is 5.99. The van der Waals surface area contributed by atoms with Crippen molar-refractivity contribution in [3.05, 3.63) is 42.0 Å². The molecule has 0 saturated carbocycles. The minimum absolute atomic E-state index is 0.0186. The van der Waals surface area contributed by atoms with Gasteiger partial charge in [0, 0.05) is 19.6 Å². The van der Waals surface area contributed by atoms with E-state index in [9.17, 15) is 16.8 Å². The van der Waals surface area contributed by atoms with Crippen molar-refractivity contribution >= 4 is 20.0 Å². The van der Waals surface area contributed by atoms with E-state index >= 15 is 0 Å². The molecule has 2 aromatic carbocycles. The van der Waals surface area contributed by atoms with E-state index in [1.807, 2.05) is 6.92 Å². The molecular formula is C21H28N2O7S2. The molecule has 1 aliphatic heterocycles. The monoisotopic (exact) mass is 484 g/mol. The summed E-state index contributed by atoms with van der Waals surface area (Å²) in [6, 6.07) is 8.58. The molecule has 0 bridgehead atoms. The van der Waals surface area contributed by atoms with Gasteiger partial charge in [0.1, 0.15) is 0 Å². The zero-order valence-corrected chi connectivity index (χ0v) is 20.0. The van der Waals surface area contributed by atoms with Gasteiger partial charge >= 0.3 is 0 Å². The van der Waals surface area contributed by atoms with Gasteiger partial charge in [-0.2, -0.15) is 4.31 Å². The van der Waals surface area contributed by atoms with Gasteiger partial charge in [0.05, 0.1) is 30.6 Å². The van der Waals surface area contributed by atoms with Gasteiger partial charge in [-0.3, -0.25) is 0 Å². The summed E-state index contributed by atoms with van der Waals surface area (Å²) in [5, 5.41) is 0. The van der Waals surface area contributed by atoms with Crippen LogP contribution >= 0.6 is 0 Å². The van der Waals surface area contributed by atoms with Gasteiger partial charge in [-0.05, 0) is 61.7 Å². The molecule has 176 valence electrons. The Labute approximate surface area is 189 Å². The van der Waals surface area contributed by atoms with E-state index < -0.39 is 20.0 Å². The number of hydrogen-bond acceptors (Lipinski definition) is 7. The van der Waals surface area contributed by atoms with E-state index in [4.69, 9.17) is 14.2 Å². The molecule has 1 fully saturated rings. The number of methoxy groups -OCH3 is 2. The molecule has 0 aliphatic carbocycles. The maximum atomic E-state index is 12.7. The van der Waals surface area contributed by atoms with Crippen molar-refractivity contribution in [2.24, 2.45) is 0 Å². The van der Waals surface area contributed by atoms with Crippen molar-refractivity contribution < 1.29 is 31.0 Å². The van der Waals surface area contributed by atoms with Crippen LogP contribution in [0.5, 0.6) is 17.2 Å². The minimum Gasteiger partial charge on any atom is -0.493 e. The fraction of sp³-hybridized carbons (Fsp3) is 0.429. The first kappa shape index (κ1) is 24.3. The summed E-state index contributed by atoms with van der Waals surface area (Å²) in [5.74, 6) is 1.30. The van der Waals surface area contributed by atoms with Crippen LogP contribution < -0.4 is 18.9 Å². The lowest BCUT2D eigenvalue weighted by atomic mass is 10.2. The van der Waals surface area contributed by atoms with E-state index in [0.29, 0.717) is 42.5 Å². The standard InChI is InChI=1S/C21H28N2O7S2/c1-4-30-21-19(28-2)13-16(14-20(21)29-3)15-22-31(24,25)17-7-9-18(10-8-17)32(26,27)23-11-5-6-12-23/h7-10,13-14,22H,4-6,11-12,15H2,1-3H3. The Balaban J connectivity index is 1.77. The lowest BCUT2D eigenvalue weighted by molar-refractivity contribution is 0.288. The van der Waals surface area contributed by atoms with Gasteiger partial charge < -0.3 is 14.2 Å². The number of nitrogens with one attached hydrogen (secondary N) is 1. The lowest BCUT2D eigenvalue weighted by Crippen LogP contribution is -2.28. The van der Waals surface area contributed by atoms with Gasteiger partial charge in [0.15, 0.2) is 11.5 Å². The molecule has 3 rings (SSSR count). The van der Waals surface area contributed by atoms with Crippen molar-refractivity contribution in [3.63, 3.8) is 0 Å². The average Bonchev–Trinajstić information content (AvgIpc) is 3.34. The summed E-state index contributed by atoms with van der Waals surface area (Å²) >= 11 is 0. The first-order chi connectivity index (χ1) is 15.2. The molecule has 1 N–H and O–H groups in total. The molecule has 0 unspecified atom stereocenters. The Hall–Kier alpha value is -2.34. The Morgan fingerprint density at radius 2 is 1.44 bits per heavy atom. The Bertz CT molecular complexity index is 1120. The number of sulfonamides is 2. The van der Waals surface area contributed by atoms with Crippen LogP contribution in [0.25, 0.3) is 0 Å². The molecular weight excluding hydrogens is 456 g/mol. The first-order valence-corrected chi connectivity index (χ1v) is 13.1. The minimum atomic E-state index is -3.87. The molecule has 1 heterocycles. The number of nitrogens with zero attached hydrogens (tertiary/aromatic N) is 1. The molecule has 2 aromatic rings. The van der Waals surface area contributed by atoms with Gasteiger partial charge in [-0.1, -0.05) is 0 Å². The molecule has 11 heteroatoms. The molecule has 0 spiro atoms. The molecule has 9 nitrogen and oxygen atoms in total. The number of hydrogen-bond donors (Lipinski definition) is 1. The van der Waals surface area contributed by atoms with E-state index in [1.54, 1.807) is 12.1 Å². The number of benzene rings is 2. The van der Waals surface area contributed by atoms with Crippen LogP contribution in [0.15, 0.2) is 46.2 Å². The van der Waals surface area contributed by atoms with E-state index in [1.165, 1.54) is 42.8 Å². The lowest BCUT2D eigenvalue weighted by Gasteiger charge is -2.16. The third kappa shape index (κ3) is 5.17. The largest absolute Gasteiger partial charge is 0.493 e. The van der Waals surface area contributed by atoms with Gasteiger partial charge in [-0.15, -0.1) is 0 Å². The third-order valence-electron chi connectivity index (χ3n) is 5.11. The van der Waals surface area contributed by atoms with Crippen LogP contribution in [-0.2, 0) is 26.6 Å². The maximum Gasteiger partial charge on any atom is 0.243 e. The van der Waals surface area contributed by atoms with Crippen LogP contribution in [0.2, 0.25) is 0 Å². The second-order valence-electron chi connectivity index (χ2n) is 7.17. The molecule has 1 aliphatic rings. The Morgan fingerprint density at radius 3 is 1.94 bits per heavy atom. The molecule has 32 heavy (non-hydrogen) atoms. The predicted molar refractivity (Wildman–Crippen MR) is 119 cm³/mol. The van der Waals surface area contributed by atoms with Crippen molar-refractivity contribution in [3.8, 4) is 17.2 Å². The highest BCUT2D eigenvalue weighted by atomic mass is 32.2. The predicted octanol–water partition coefficient (Wildman–Crippen LogP) is 2.37. The van der Waals surface area contributed by atoms with Crippen LogP contribution in [0.4, 0.5) is 0 Å². The van der Waals surface area contributed by atoms with Crippen molar-refractivity contribution in [2.75, 3.05) is 33.9 Å². The zero-order valence-electron chi connectivity index (χ0n) is 18.3. The van der Waals surface area contributed by atoms with E-state index in [0.717, 1.165) is 12.8 Å². The van der Waals surface area contributed by atoms with Crippen LogP contribution in [-0.4, -0.2) is 55.1 Å². The van der Waals surface area contributed by atoms with Crippen LogP contribution in [0.1, 0.15) is 25.3 Å². The van der Waals surface area contributed by atoms with Crippen molar-refractivity contribution in [1.82, 2.24) is 9.03 Å². The second kappa shape index (κ2) is 10.1. The second-order valence-corrected chi connectivity index (χ2v) is 10.9. The molecule has 1 saturated heterocycles.